The van der Waals surface area contributed by atoms with Crippen molar-refractivity contribution in [3.05, 3.63) is 71.5 Å². The average Bonchev–Trinajstić information content (AvgIpc) is 3.21. The molecule has 1 atom stereocenters. The molecule has 3 rings (SSSR count). The van der Waals surface area contributed by atoms with Gasteiger partial charge in [-0.15, -0.1) is 0 Å². The second kappa shape index (κ2) is 9.49. The third kappa shape index (κ3) is 5.18. The normalized spacial score (nSPS) is 15.2. The summed E-state index contributed by atoms with van der Waals surface area (Å²) in [6.45, 7) is 2.06. The number of benzene rings is 2. The Morgan fingerprint density at radius 1 is 1.07 bits per heavy atom. The number of halogens is 1. The minimum atomic E-state index is -0.625. The van der Waals surface area contributed by atoms with E-state index >= 15 is 0 Å². The SMILES string of the molecule is C[C@@H](C(=O)NC1CCCC1)N(Cc1ccccc1)C(=O)Cc1ccccc1F. The fourth-order valence-electron chi connectivity index (χ4n) is 3.66. The zero-order valence-corrected chi connectivity index (χ0v) is 16.2. The molecule has 1 N–H and O–H groups in total. The highest BCUT2D eigenvalue weighted by Gasteiger charge is 2.28. The number of nitrogens with one attached hydrogen (secondary N) is 1. The Labute approximate surface area is 165 Å². The molecule has 28 heavy (non-hydrogen) atoms. The van der Waals surface area contributed by atoms with Gasteiger partial charge in [-0.2, -0.15) is 0 Å². The van der Waals surface area contributed by atoms with E-state index in [9.17, 15) is 14.0 Å². The topological polar surface area (TPSA) is 49.4 Å². The van der Waals surface area contributed by atoms with Gasteiger partial charge in [0, 0.05) is 12.6 Å². The van der Waals surface area contributed by atoms with Gasteiger partial charge >= 0.3 is 0 Å². The number of carbonyl (C=O) groups is 2. The number of amides is 2. The van der Waals surface area contributed by atoms with Crippen LogP contribution in [0.15, 0.2) is 54.6 Å². The molecule has 0 aromatic heterocycles. The van der Waals surface area contributed by atoms with Crippen molar-refractivity contribution in [1.82, 2.24) is 10.2 Å². The van der Waals surface area contributed by atoms with Crippen molar-refractivity contribution < 1.29 is 14.0 Å². The minimum absolute atomic E-state index is 0.0689. The summed E-state index contributed by atoms with van der Waals surface area (Å²) in [4.78, 5) is 27.4. The van der Waals surface area contributed by atoms with Gasteiger partial charge in [0.15, 0.2) is 0 Å². The van der Waals surface area contributed by atoms with Gasteiger partial charge in [-0.1, -0.05) is 61.4 Å². The van der Waals surface area contributed by atoms with Crippen LogP contribution in [0.5, 0.6) is 0 Å². The van der Waals surface area contributed by atoms with Crippen molar-refractivity contribution in [1.29, 1.82) is 0 Å². The number of hydrogen-bond donors (Lipinski definition) is 1. The molecule has 4 nitrogen and oxygen atoms in total. The predicted octanol–water partition coefficient (Wildman–Crippen LogP) is 3.84. The molecule has 0 heterocycles. The summed E-state index contributed by atoms with van der Waals surface area (Å²) in [7, 11) is 0. The monoisotopic (exact) mass is 382 g/mol. The largest absolute Gasteiger partial charge is 0.352 e. The summed E-state index contributed by atoms with van der Waals surface area (Å²) in [6.07, 6.45) is 4.15. The Kier molecular flexibility index (Phi) is 6.80. The average molecular weight is 382 g/mol. The zero-order chi connectivity index (χ0) is 19.9. The Balaban J connectivity index is 1.76. The van der Waals surface area contributed by atoms with Gasteiger partial charge in [0.2, 0.25) is 11.8 Å². The summed E-state index contributed by atoms with van der Waals surface area (Å²) in [6, 6.07) is 15.4. The van der Waals surface area contributed by atoms with E-state index in [1.165, 1.54) is 6.07 Å². The predicted molar refractivity (Wildman–Crippen MR) is 107 cm³/mol. The molecule has 5 heteroatoms. The fourth-order valence-corrected chi connectivity index (χ4v) is 3.66. The summed E-state index contributed by atoms with van der Waals surface area (Å²) < 4.78 is 14.0. The molecule has 1 aliphatic carbocycles. The van der Waals surface area contributed by atoms with E-state index in [0.29, 0.717) is 12.1 Å². The highest BCUT2D eigenvalue weighted by molar-refractivity contribution is 5.88. The van der Waals surface area contributed by atoms with Gasteiger partial charge < -0.3 is 10.2 Å². The van der Waals surface area contributed by atoms with Gasteiger partial charge in [-0.25, -0.2) is 4.39 Å². The van der Waals surface area contributed by atoms with Crippen LogP contribution in [0.2, 0.25) is 0 Å². The van der Waals surface area contributed by atoms with E-state index in [1.54, 1.807) is 30.0 Å². The number of nitrogens with zero attached hydrogens (tertiary/aromatic N) is 1. The van der Waals surface area contributed by atoms with Crippen LogP contribution in [0.3, 0.4) is 0 Å². The fraction of sp³-hybridized carbons (Fsp3) is 0.391. The van der Waals surface area contributed by atoms with Crippen LogP contribution in [0.25, 0.3) is 0 Å². The Morgan fingerprint density at radius 3 is 2.39 bits per heavy atom. The zero-order valence-electron chi connectivity index (χ0n) is 16.2. The first-order chi connectivity index (χ1) is 13.5. The van der Waals surface area contributed by atoms with E-state index in [1.807, 2.05) is 30.3 Å². The Bertz CT molecular complexity index is 803. The van der Waals surface area contributed by atoms with Crippen molar-refractivity contribution in [3.8, 4) is 0 Å². The molecule has 2 aromatic carbocycles. The molecule has 0 aliphatic heterocycles. The van der Waals surface area contributed by atoms with E-state index in [2.05, 4.69) is 5.32 Å². The van der Waals surface area contributed by atoms with Crippen LogP contribution in [0.4, 0.5) is 4.39 Å². The molecular formula is C23H27FN2O2. The molecule has 0 spiro atoms. The number of carbonyl (C=O) groups excluding carboxylic acids is 2. The van der Waals surface area contributed by atoms with Gasteiger partial charge in [0.05, 0.1) is 6.42 Å². The third-order valence-electron chi connectivity index (χ3n) is 5.36. The van der Waals surface area contributed by atoms with Crippen molar-refractivity contribution >= 4 is 11.8 Å². The second-order valence-electron chi connectivity index (χ2n) is 7.44. The summed E-state index contributed by atoms with van der Waals surface area (Å²) >= 11 is 0. The first kappa shape index (κ1) is 20.1. The first-order valence-corrected chi connectivity index (χ1v) is 9.92. The van der Waals surface area contributed by atoms with Crippen LogP contribution in [-0.2, 0) is 22.6 Å². The molecule has 148 valence electrons. The van der Waals surface area contributed by atoms with Crippen molar-refractivity contribution in [2.45, 2.75) is 57.7 Å². The maximum atomic E-state index is 14.0. The van der Waals surface area contributed by atoms with Crippen molar-refractivity contribution in [2.24, 2.45) is 0 Å². The lowest BCUT2D eigenvalue weighted by atomic mass is 10.1. The van der Waals surface area contributed by atoms with E-state index in [4.69, 9.17) is 0 Å². The molecule has 0 unspecified atom stereocenters. The quantitative estimate of drug-likeness (QED) is 0.791. The highest BCUT2D eigenvalue weighted by Crippen LogP contribution is 2.19. The number of rotatable bonds is 7. The molecule has 2 amide bonds. The van der Waals surface area contributed by atoms with Crippen molar-refractivity contribution in [3.63, 3.8) is 0 Å². The Morgan fingerprint density at radius 2 is 1.71 bits per heavy atom. The van der Waals surface area contributed by atoms with Gasteiger partial charge in [0.25, 0.3) is 0 Å². The van der Waals surface area contributed by atoms with Gasteiger partial charge in [-0.3, -0.25) is 9.59 Å². The van der Waals surface area contributed by atoms with E-state index < -0.39 is 11.9 Å². The van der Waals surface area contributed by atoms with Gasteiger partial charge in [-0.05, 0) is 37.0 Å². The van der Waals surface area contributed by atoms with Crippen LogP contribution < -0.4 is 5.32 Å². The van der Waals surface area contributed by atoms with Crippen LogP contribution in [0.1, 0.15) is 43.7 Å². The summed E-state index contributed by atoms with van der Waals surface area (Å²) in [5.74, 6) is -0.814. The molecule has 1 saturated carbocycles. The summed E-state index contributed by atoms with van der Waals surface area (Å²) in [5, 5.41) is 3.07. The van der Waals surface area contributed by atoms with Crippen LogP contribution in [0, 0.1) is 5.82 Å². The lowest BCUT2D eigenvalue weighted by Crippen LogP contribution is -2.50. The third-order valence-corrected chi connectivity index (χ3v) is 5.36. The van der Waals surface area contributed by atoms with Crippen molar-refractivity contribution in [2.75, 3.05) is 0 Å². The standard InChI is InChI=1S/C23H27FN2O2/c1-17(23(28)25-20-12-6-7-13-20)26(16-18-9-3-2-4-10-18)22(27)15-19-11-5-8-14-21(19)24/h2-5,8-11,14,17,20H,6-7,12-13,15-16H2,1H3,(H,25,28)/t17-/m0/s1. The lowest BCUT2D eigenvalue weighted by molar-refractivity contribution is -0.140. The second-order valence-corrected chi connectivity index (χ2v) is 7.44. The molecule has 1 fully saturated rings. The van der Waals surface area contributed by atoms with Crippen LogP contribution in [-0.4, -0.2) is 28.8 Å². The summed E-state index contributed by atoms with van der Waals surface area (Å²) in [5.41, 5.74) is 1.28. The molecule has 1 aliphatic rings. The maximum Gasteiger partial charge on any atom is 0.242 e. The van der Waals surface area contributed by atoms with E-state index in [0.717, 1.165) is 31.2 Å². The highest BCUT2D eigenvalue weighted by atomic mass is 19.1. The molecular weight excluding hydrogens is 355 g/mol. The lowest BCUT2D eigenvalue weighted by Gasteiger charge is -2.30. The molecule has 0 bridgehead atoms. The number of hydrogen-bond acceptors (Lipinski definition) is 2. The molecule has 0 saturated heterocycles. The van der Waals surface area contributed by atoms with Crippen LogP contribution >= 0.6 is 0 Å². The van der Waals surface area contributed by atoms with E-state index in [-0.39, 0.29) is 24.3 Å². The molecule has 0 radical (unpaired) electrons. The minimum Gasteiger partial charge on any atom is -0.352 e. The molecule has 2 aromatic rings. The first-order valence-electron chi connectivity index (χ1n) is 9.92. The van der Waals surface area contributed by atoms with Gasteiger partial charge in [0.1, 0.15) is 11.9 Å². The maximum absolute atomic E-state index is 14.0. The Hall–Kier alpha value is -2.69. The smallest absolute Gasteiger partial charge is 0.242 e.